The molecule has 4 N–H and O–H groups in total. The number of quaternary nitrogens is 1. The van der Waals surface area contributed by atoms with Crippen LogP contribution in [0.15, 0.2) is 30.3 Å². The smallest absolute Gasteiger partial charge is 0.443 e. The molecular weight excluding hydrogens is 416 g/mol. The Labute approximate surface area is 173 Å². The van der Waals surface area contributed by atoms with Crippen molar-refractivity contribution in [3.63, 3.8) is 0 Å². The number of nitrogens with two attached hydrogens (primary N) is 2. The number of para-hydroxylation sites is 1. The van der Waals surface area contributed by atoms with Crippen LogP contribution in [-0.4, -0.2) is 63.0 Å². The molecule has 0 saturated carbocycles. The number of benzene rings is 1. The van der Waals surface area contributed by atoms with Gasteiger partial charge in [-0.2, -0.15) is 13.6 Å². The molecule has 12 nitrogen and oxygen atoms in total. The number of carbonyl (C=O) groups excluding carboxylic acids is 2. The van der Waals surface area contributed by atoms with Crippen molar-refractivity contribution in [2.45, 2.75) is 6.92 Å². The van der Waals surface area contributed by atoms with Gasteiger partial charge in [-0.05, 0) is 16.9 Å². The largest absolute Gasteiger partial charge is 0.481 e. The Balaban J connectivity index is 3.04. The number of ether oxygens (including phenoxy) is 2. The third kappa shape index (κ3) is 3.77. The minimum Gasteiger partial charge on any atom is -0.481 e. The van der Waals surface area contributed by atoms with Crippen LogP contribution in [0.5, 0.6) is 11.8 Å². The lowest BCUT2D eigenvalue weighted by Gasteiger charge is -2.29. The van der Waals surface area contributed by atoms with Gasteiger partial charge in [0.05, 0.1) is 20.3 Å². The molecule has 0 aliphatic carbocycles. The van der Waals surface area contributed by atoms with E-state index in [0.29, 0.717) is 6.54 Å². The van der Waals surface area contributed by atoms with E-state index in [9.17, 15) is 18.0 Å². The van der Waals surface area contributed by atoms with E-state index in [1.165, 1.54) is 56.5 Å². The van der Waals surface area contributed by atoms with E-state index in [2.05, 4.69) is 9.97 Å². The van der Waals surface area contributed by atoms with Crippen LogP contribution in [0.3, 0.4) is 0 Å². The molecule has 0 spiro atoms. The molecule has 162 valence electrons. The number of methoxy groups -OCH3 is 2. The van der Waals surface area contributed by atoms with Gasteiger partial charge in [-0.15, -0.1) is 9.97 Å². The molecule has 13 heteroatoms. The Morgan fingerprint density at radius 1 is 1.13 bits per heavy atom. The molecule has 0 bridgehead atoms. The number of nitrogens with zero attached hydrogens (tertiary/aromatic N) is 4. The fourth-order valence-electron chi connectivity index (χ4n) is 2.72. The second-order valence-electron chi connectivity index (χ2n) is 6.05. The average molecular weight is 439 g/mol. The van der Waals surface area contributed by atoms with Crippen molar-refractivity contribution in [3.05, 3.63) is 35.9 Å². The first-order valence-corrected chi connectivity index (χ1v) is 10.1. The molecule has 0 aliphatic heterocycles. The van der Waals surface area contributed by atoms with Crippen LogP contribution in [0.4, 0.5) is 16.4 Å². The van der Waals surface area contributed by atoms with Crippen molar-refractivity contribution in [1.29, 1.82) is 0 Å². The van der Waals surface area contributed by atoms with Crippen molar-refractivity contribution in [3.8, 4) is 11.8 Å². The summed E-state index contributed by atoms with van der Waals surface area (Å²) in [7, 11) is -0.854. The highest BCUT2D eigenvalue weighted by Gasteiger charge is 2.56. The molecule has 2 rings (SSSR count). The molecule has 1 aromatic carbocycles. The predicted molar refractivity (Wildman–Crippen MR) is 108 cm³/mol. The fourth-order valence-corrected chi connectivity index (χ4v) is 3.72. The zero-order valence-corrected chi connectivity index (χ0v) is 17.7. The quantitative estimate of drug-likeness (QED) is 0.588. The van der Waals surface area contributed by atoms with Gasteiger partial charge in [0.2, 0.25) is 11.8 Å². The molecule has 1 heterocycles. The summed E-state index contributed by atoms with van der Waals surface area (Å²) in [6.45, 7) is 2.05. The molecule has 0 fully saturated rings. The van der Waals surface area contributed by atoms with Gasteiger partial charge in [0.25, 0.3) is 5.91 Å². The maximum Gasteiger partial charge on any atom is 0.443 e. The summed E-state index contributed by atoms with van der Waals surface area (Å²) in [4.78, 5) is 34.9. The predicted octanol–water partition coefficient (Wildman–Crippen LogP) is 0.507. The number of hydrogen-bond acceptors (Lipinski definition) is 8. The van der Waals surface area contributed by atoms with E-state index < -0.39 is 32.0 Å². The Hall–Kier alpha value is -3.29. The maximum atomic E-state index is 12.9. The number of hydrogen-bond donors (Lipinski definition) is 2. The number of urea groups is 1. The molecule has 1 atom stereocenters. The lowest BCUT2D eigenvalue weighted by atomic mass is 10.1. The van der Waals surface area contributed by atoms with E-state index in [1.807, 2.05) is 0 Å². The van der Waals surface area contributed by atoms with Crippen LogP contribution in [-0.2, 0) is 10.2 Å². The topological polar surface area (TPSA) is 168 Å². The lowest BCUT2D eigenvalue weighted by molar-refractivity contribution is 0.0802. The van der Waals surface area contributed by atoms with Crippen LogP contribution in [0.1, 0.15) is 17.3 Å². The van der Waals surface area contributed by atoms with Crippen molar-refractivity contribution < 1.29 is 27.5 Å². The highest BCUT2D eigenvalue weighted by atomic mass is 32.2. The van der Waals surface area contributed by atoms with E-state index in [4.69, 9.17) is 20.3 Å². The standard InChI is InChI=1S/C17H22N6O6S/c1-5-22(2)15(24)11-8-6-7-9-12(11)23(16(18)25,30(19,26)27)17-20-13(28-3)10-14(21-17)29-4/h6-10H,5H2,1-4H3,(H3-,18,19,25,26,27)/p+1. The molecule has 2 aromatic rings. The summed E-state index contributed by atoms with van der Waals surface area (Å²) in [5.74, 6) is -1.45. The number of rotatable bonds is 7. The van der Waals surface area contributed by atoms with Gasteiger partial charge in [-0.25, -0.2) is 4.79 Å². The third-order valence-corrected chi connectivity index (χ3v) is 5.66. The summed E-state index contributed by atoms with van der Waals surface area (Å²) in [5.41, 5.74) is 5.11. The highest BCUT2D eigenvalue weighted by molar-refractivity contribution is 7.89. The fraction of sp³-hybridized carbons (Fsp3) is 0.294. The van der Waals surface area contributed by atoms with Gasteiger partial charge in [-0.1, -0.05) is 12.1 Å². The zero-order chi connectivity index (χ0) is 22.7. The van der Waals surface area contributed by atoms with E-state index in [0.717, 1.165) is 0 Å². The Bertz CT molecular complexity index is 1050. The average Bonchev–Trinajstić information content (AvgIpc) is 2.71. The minimum absolute atomic E-state index is 0.112. The molecule has 0 radical (unpaired) electrons. The van der Waals surface area contributed by atoms with Crippen molar-refractivity contribution in [2.24, 2.45) is 10.9 Å². The number of amides is 3. The van der Waals surface area contributed by atoms with Gasteiger partial charge in [0.15, 0.2) is 5.69 Å². The van der Waals surface area contributed by atoms with E-state index >= 15 is 0 Å². The first-order chi connectivity index (χ1) is 14.0. The SMILES string of the molecule is CCN(C)C(=O)c1ccccc1[N+](C(N)=O)(c1nc(OC)cc(OC)n1)S(N)(=O)=O. The third-order valence-electron chi connectivity index (χ3n) is 4.35. The number of primary amides is 1. The molecule has 0 aliphatic rings. The summed E-state index contributed by atoms with van der Waals surface area (Å²) >= 11 is 0. The summed E-state index contributed by atoms with van der Waals surface area (Å²) < 4.78 is 34.0. The first-order valence-electron chi connectivity index (χ1n) is 8.59. The van der Waals surface area contributed by atoms with Gasteiger partial charge >= 0.3 is 22.2 Å². The van der Waals surface area contributed by atoms with Crippen LogP contribution >= 0.6 is 0 Å². The minimum atomic E-state index is -4.91. The van der Waals surface area contributed by atoms with Gasteiger partial charge in [0.1, 0.15) is 5.56 Å². The maximum absolute atomic E-state index is 12.9. The highest BCUT2D eigenvalue weighted by Crippen LogP contribution is 2.39. The Kier molecular flexibility index (Phi) is 6.60. The van der Waals surface area contributed by atoms with Crippen LogP contribution < -0.4 is 24.2 Å². The summed E-state index contributed by atoms with van der Waals surface area (Å²) in [6, 6.07) is 5.34. The second kappa shape index (κ2) is 8.61. The molecule has 30 heavy (non-hydrogen) atoms. The summed E-state index contributed by atoms with van der Waals surface area (Å²) in [5, 5.41) is 5.50. The van der Waals surface area contributed by atoms with Gasteiger partial charge in [-0.3, -0.25) is 4.79 Å². The second-order valence-corrected chi connectivity index (χ2v) is 7.63. The monoisotopic (exact) mass is 439 g/mol. The van der Waals surface area contributed by atoms with Crippen LogP contribution in [0.25, 0.3) is 0 Å². The molecule has 3 amide bonds. The molecule has 1 aromatic heterocycles. The molecular formula is C17H23N6O6S+. The normalized spacial score (nSPS) is 13.2. The van der Waals surface area contributed by atoms with Crippen LogP contribution in [0.2, 0.25) is 0 Å². The summed E-state index contributed by atoms with van der Waals surface area (Å²) in [6.07, 6.45) is 0. The van der Waals surface area contributed by atoms with Crippen molar-refractivity contribution in [2.75, 3.05) is 27.8 Å². The van der Waals surface area contributed by atoms with E-state index in [1.54, 1.807) is 6.92 Å². The molecule has 0 saturated heterocycles. The Morgan fingerprint density at radius 2 is 1.67 bits per heavy atom. The molecule has 1 unspecified atom stereocenters. The zero-order valence-electron chi connectivity index (χ0n) is 16.9. The van der Waals surface area contributed by atoms with Gasteiger partial charge in [0, 0.05) is 19.7 Å². The van der Waals surface area contributed by atoms with Crippen molar-refractivity contribution in [1.82, 2.24) is 18.8 Å². The Morgan fingerprint density at radius 3 is 2.10 bits per heavy atom. The number of aromatic nitrogens is 2. The number of carbonyl (C=O) groups is 2. The van der Waals surface area contributed by atoms with E-state index in [-0.39, 0.29) is 23.0 Å². The van der Waals surface area contributed by atoms with Crippen molar-refractivity contribution >= 4 is 33.8 Å². The first kappa shape index (κ1) is 23.0. The lowest BCUT2D eigenvalue weighted by Crippen LogP contribution is -2.61. The van der Waals surface area contributed by atoms with Crippen LogP contribution in [0, 0.1) is 0 Å². The van der Waals surface area contributed by atoms with Gasteiger partial charge < -0.3 is 20.1 Å².